The summed E-state index contributed by atoms with van der Waals surface area (Å²) in [5, 5.41) is 14.1. The molecule has 11 heteroatoms. The second-order valence-corrected chi connectivity index (χ2v) is 8.52. The molecule has 4 heterocycles. The highest BCUT2D eigenvalue weighted by molar-refractivity contribution is 8.33. The SMILES string of the molecule is COCCOCCn1cc([SH]2C=C(C(N)=O)N=C2c2cn[nH]c2)c(-c2ccccn2)n1. The fourth-order valence-corrected chi connectivity index (χ4v) is 5.23. The minimum Gasteiger partial charge on any atom is -0.382 e. The molecule has 31 heavy (non-hydrogen) atoms. The number of nitrogens with one attached hydrogen (secondary N) is 1. The number of thiol groups is 1. The number of methoxy groups -OCH3 is 1. The van der Waals surface area contributed by atoms with Gasteiger partial charge in [0.2, 0.25) is 0 Å². The Labute approximate surface area is 181 Å². The number of aromatic amines is 1. The first kappa shape index (κ1) is 21.0. The van der Waals surface area contributed by atoms with Crippen LogP contribution in [0.2, 0.25) is 0 Å². The molecule has 3 aromatic rings. The molecule has 0 radical (unpaired) electrons. The summed E-state index contributed by atoms with van der Waals surface area (Å²) in [6.07, 6.45) is 7.12. The predicted octanol–water partition coefficient (Wildman–Crippen LogP) is 1.48. The summed E-state index contributed by atoms with van der Waals surface area (Å²) in [6.45, 7) is 2.12. The second-order valence-electron chi connectivity index (χ2n) is 6.62. The molecule has 4 rings (SSSR count). The molecule has 0 bridgehead atoms. The van der Waals surface area contributed by atoms with E-state index >= 15 is 0 Å². The zero-order valence-electron chi connectivity index (χ0n) is 16.9. The smallest absolute Gasteiger partial charge is 0.267 e. The lowest BCUT2D eigenvalue weighted by molar-refractivity contribution is -0.114. The van der Waals surface area contributed by atoms with E-state index in [1.807, 2.05) is 34.5 Å². The van der Waals surface area contributed by atoms with Gasteiger partial charge in [-0.2, -0.15) is 21.1 Å². The van der Waals surface area contributed by atoms with Gasteiger partial charge in [-0.05, 0) is 17.5 Å². The van der Waals surface area contributed by atoms with Crippen LogP contribution in [-0.2, 0) is 20.8 Å². The van der Waals surface area contributed by atoms with E-state index in [2.05, 4.69) is 20.2 Å². The van der Waals surface area contributed by atoms with Crippen molar-refractivity contribution in [3.8, 4) is 11.4 Å². The van der Waals surface area contributed by atoms with Crippen LogP contribution in [-0.4, -0.2) is 62.8 Å². The van der Waals surface area contributed by atoms with Crippen LogP contribution >= 0.6 is 10.9 Å². The summed E-state index contributed by atoms with van der Waals surface area (Å²) in [5.41, 5.74) is 8.05. The van der Waals surface area contributed by atoms with Crippen LogP contribution in [0.1, 0.15) is 5.56 Å². The number of primary amides is 1. The van der Waals surface area contributed by atoms with Gasteiger partial charge in [0, 0.05) is 36.2 Å². The van der Waals surface area contributed by atoms with E-state index in [1.54, 1.807) is 25.7 Å². The van der Waals surface area contributed by atoms with E-state index in [4.69, 9.17) is 20.3 Å². The molecule has 0 spiro atoms. The zero-order valence-corrected chi connectivity index (χ0v) is 17.8. The fourth-order valence-electron chi connectivity index (χ4n) is 3.05. The number of pyridine rings is 1. The predicted molar refractivity (Wildman–Crippen MR) is 118 cm³/mol. The number of nitrogens with zero attached hydrogens (tertiary/aromatic N) is 5. The lowest BCUT2D eigenvalue weighted by Gasteiger charge is -2.14. The molecule has 10 nitrogen and oxygen atoms in total. The highest BCUT2D eigenvalue weighted by Gasteiger charge is 2.28. The Morgan fingerprint density at radius 3 is 2.90 bits per heavy atom. The van der Waals surface area contributed by atoms with Gasteiger partial charge in [-0.3, -0.25) is 19.6 Å². The number of rotatable bonds is 10. The molecule has 0 aromatic carbocycles. The quantitative estimate of drug-likeness (QED) is 0.322. The molecule has 1 unspecified atom stereocenters. The third kappa shape index (κ3) is 4.74. The van der Waals surface area contributed by atoms with E-state index in [0.717, 1.165) is 26.9 Å². The molecule has 0 aliphatic carbocycles. The van der Waals surface area contributed by atoms with Crippen LogP contribution in [0.15, 0.2) is 64.0 Å². The van der Waals surface area contributed by atoms with Crippen LogP contribution in [0.4, 0.5) is 0 Å². The van der Waals surface area contributed by atoms with Crippen molar-refractivity contribution in [2.75, 3.05) is 26.9 Å². The molecule has 0 fully saturated rings. The van der Waals surface area contributed by atoms with Gasteiger partial charge in [-0.15, -0.1) is 0 Å². The van der Waals surface area contributed by atoms with Gasteiger partial charge >= 0.3 is 0 Å². The molecular formula is C20H23N7O3S. The van der Waals surface area contributed by atoms with E-state index in [1.165, 1.54) is 0 Å². The van der Waals surface area contributed by atoms with E-state index in [-0.39, 0.29) is 5.70 Å². The van der Waals surface area contributed by atoms with E-state index in [9.17, 15) is 4.79 Å². The van der Waals surface area contributed by atoms with Crippen molar-refractivity contribution in [2.45, 2.75) is 11.4 Å². The highest BCUT2D eigenvalue weighted by Crippen LogP contribution is 2.49. The number of H-pyrrole nitrogens is 1. The second kappa shape index (κ2) is 9.69. The summed E-state index contributed by atoms with van der Waals surface area (Å²) in [7, 11) is 0.507. The molecule has 162 valence electrons. The number of nitrogens with two attached hydrogens (primary N) is 1. The van der Waals surface area contributed by atoms with Crippen LogP contribution in [0, 0.1) is 0 Å². The lowest BCUT2D eigenvalue weighted by Crippen LogP contribution is -2.11. The molecule has 1 atom stereocenters. The van der Waals surface area contributed by atoms with Gasteiger partial charge in [0.1, 0.15) is 11.4 Å². The number of hydrogen-bond donors (Lipinski definition) is 3. The summed E-state index contributed by atoms with van der Waals surface area (Å²) in [5.74, 6) is -0.565. The molecule has 1 aliphatic rings. The summed E-state index contributed by atoms with van der Waals surface area (Å²) in [6, 6.07) is 5.68. The molecule has 1 aliphatic heterocycles. The molecule has 3 N–H and O–H groups in total. The Bertz CT molecular complexity index is 1090. The maximum Gasteiger partial charge on any atom is 0.267 e. The van der Waals surface area contributed by atoms with Crippen molar-refractivity contribution >= 4 is 21.8 Å². The Hall–Kier alpha value is -3.28. The van der Waals surface area contributed by atoms with Gasteiger partial charge in [0.05, 0.1) is 43.3 Å². The summed E-state index contributed by atoms with van der Waals surface area (Å²) < 4.78 is 12.4. The third-order valence-electron chi connectivity index (χ3n) is 4.52. The monoisotopic (exact) mass is 441 g/mol. The van der Waals surface area contributed by atoms with Crippen molar-refractivity contribution in [2.24, 2.45) is 10.7 Å². The molecule has 0 saturated heterocycles. The maximum absolute atomic E-state index is 11.9. The van der Waals surface area contributed by atoms with Crippen molar-refractivity contribution in [1.29, 1.82) is 0 Å². The van der Waals surface area contributed by atoms with Crippen LogP contribution in [0.5, 0.6) is 0 Å². The number of hydrogen-bond acceptors (Lipinski definition) is 7. The van der Waals surface area contributed by atoms with Gasteiger partial charge < -0.3 is 15.2 Å². The van der Waals surface area contributed by atoms with Crippen LogP contribution < -0.4 is 5.73 Å². The normalized spacial score (nSPS) is 16.9. The number of carbonyl (C=O) groups is 1. The van der Waals surface area contributed by atoms with E-state index in [0.29, 0.717) is 26.4 Å². The third-order valence-corrected chi connectivity index (χ3v) is 6.68. The highest BCUT2D eigenvalue weighted by atomic mass is 32.2. The van der Waals surface area contributed by atoms with Gasteiger partial charge in [0.25, 0.3) is 5.91 Å². The molecule has 1 amide bonds. The number of aliphatic imine (C=N–C) groups is 1. The maximum atomic E-state index is 11.9. The molecule has 3 aromatic heterocycles. The molecule has 0 saturated carbocycles. The first-order valence-electron chi connectivity index (χ1n) is 9.61. The van der Waals surface area contributed by atoms with Crippen LogP contribution in [0.3, 0.4) is 0 Å². The average molecular weight is 442 g/mol. The fraction of sp³-hybridized carbons (Fsp3) is 0.250. The van der Waals surface area contributed by atoms with Crippen molar-refractivity contribution < 1.29 is 14.3 Å². The van der Waals surface area contributed by atoms with Crippen molar-refractivity contribution in [3.63, 3.8) is 0 Å². The standard InChI is InChI=1S/C20H23N7O3S/c1-29-8-9-30-7-6-27-12-17(18(26-27)15-4-2-3-5-22-15)31-13-16(19(21)28)25-20(31)14-10-23-24-11-14/h2-5,10-13,31H,6-9H2,1H3,(H2,21,28)(H,23,24). The van der Waals surface area contributed by atoms with Crippen molar-refractivity contribution in [3.05, 3.63) is 59.7 Å². The van der Waals surface area contributed by atoms with Gasteiger partial charge in [-0.1, -0.05) is 6.07 Å². The van der Waals surface area contributed by atoms with Crippen LogP contribution in [0.25, 0.3) is 11.4 Å². The van der Waals surface area contributed by atoms with E-state index < -0.39 is 16.8 Å². The minimum absolute atomic E-state index is 0.241. The topological polar surface area (TPSA) is 133 Å². The Morgan fingerprint density at radius 2 is 2.19 bits per heavy atom. The average Bonchev–Trinajstić information content (AvgIpc) is 3.52. The number of aromatic nitrogens is 5. The first-order chi connectivity index (χ1) is 15.2. The minimum atomic E-state index is -1.13. The zero-order chi connectivity index (χ0) is 21.6. The number of amides is 1. The first-order valence-corrected chi connectivity index (χ1v) is 11.0. The number of ether oxygens (including phenoxy) is 2. The summed E-state index contributed by atoms with van der Waals surface area (Å²) in [4.78, 5) is 21.8. The van der Waals surface area contributed by atoms with Gasteiger partial charge in [0.15, 0.2) is 0 Å². The Balaban J connectivity index is 1.70. The largest absolute Gasteiger partial charge is 0.382 e. The number of carbonyl (C=O) groups excluding carboxylic acids is 1. The summed E-state index contributed by atoms with van der Waals surface area (Å²) >= 11 is 0. The lowest BCUT2D eigenvalue weighted by atomic mass is 10.3. The Kier molecular flexibility index (Phi) is 6.55. The van der Waals surface area contributed by atoms with Gasteiger partial charge in [-0.25, -0.2) is 4.99 Å². The molecular weight excluding hydrogens is 418 g/mol. The Morgan fingerprint density at radius 1 is 1.29 bits per heavy atom. The van der Waals surface area contributed by atoms with Crippen molar-refractivity contribution in [1.82, 2.24) is 25.0 Å².